The summed E-state index contributed by atoms with van der Waals surface area (Å²) < 4.78 is 16.9. The summed E-state index contributed by atoms with van der Waals surface area (Å²) in [6, 6.07) is 4.87. The smallest absolute Gasteiger partial charge is 0.312 e. The molecule has 0 atom stereocenters. The van der Waals surface area contributed by atoms with Gasteiger partial charge in [-0.2, -0.15) is 5.10 Å². The summed E-state index contributed by atoms with van der Waals surface area (Å²) in [6.07, 6.45) is 4.13. The van der Waals surface area contributed by atoms with Crippen molar-refractivity contribution in [2.45, 2.75) is 19.9 Å². The molecule has 0 spiro atoms. The van der Waals surface area contributed by atoms with E-state index in [9.17, 15) is 9.18 Å². The molecule has 124 valence electrons. The normalized spacial score (nSPS) is 14.8. The zero-order chi connectivity index (χ0) is 16.8. The molecule has 3 heterocycles. The number of halogens is 1. The van der Waals surface area contributed by atoms with Gasteiger partial charge in [-0.1, -0.05) is 0 Å². The standard InChI is InChI=1S/C17H18FN5O/c1-11-9-12(3-4-14(11)18)23-16(22-8-6-19-17(22)24)13-10-21(2)7-5-15(13)20-23/h3-4,6,8-9H,5,7,10H2,1-2H3,(H,19,24). The minimum atomic E-state index is -0.254. The monoisotopic (exact) mass is 327 g/mol. The lowest BCUT2D eigenvalue weighted by Gasteiger charge is -2.22. The van der Waals surface area contributed by atoms with Gasteiger partial charge in [0.15, 0.2) is 0 Å². The Morgan fingerprint density at radius 2 is 2.17 bits per heavy atom. The lowest BCUT2D eigenvalue weighted by Crippen LogP contribution is -2.27. The van der Waals surface area contributed by atoms with Crippen molar-refractivity contribution >= 4 is 0 Å². The minimum absolute atomic E-state index is 0.217. The maximum atomic E-state index is 13.6. The van der Waals surface area contributed by atoms with Crippen LogP contribution in [-0.2, 0) is 13.0 Å². The van der Waals surface area contributed by atoms with Crippen molar-refractivity contribution in [1.82, 2.24) is 24.2 Å². The first-order chi connectivity index (χ1) is 11.5. The van der Waals surface area contributed by atoms with Crippen LogP contribution >= 0.6 is 0 Å². The van der Waals surface area contributed by atoms with Crippen LogP contribution in [0.1, 0.15) is 16.8 Å². The van der Waals surface area contributed by atoms with E-state index in [0.29, 0.717) is 11.4 Å². The molecular formula is C17H18FN5O. The Labute approximate surface area is 138 Å². The predicted octanol–water partition coefficient (Wildman–Crippen LogP) is 1.79. The van der Waals surface area contributed by atoms with Crippen LogP contribution < -0.4 is 5.69 Å². The molecule has 0 aliphatic carbocycles. The number of nitrogens with one attached hydrogen (secondary N) is 1. The van der Waals surface area contributed by atoms with Crippen LogP contribution in [0.15, 0.2) is 35.4 Å². The molecule has 1 N–H and O–H groups in total. The molecular weight excluding hydrogens is 309 g/mol. The number of likely N-dealkylation sites (N-methyl/N-ethyl adjacent to an activating group) is 1. The number of benzene rings is 1. The number of hydrogen-bond donors (Lipinski definition) is 1. The summed E-state index contributed by atoms with van der Waals surface area (Å²) in [4.78, 5) is 17.0. The lowest BCUT2D eigenvalue weighted by atomic mass is 10.1. The van der Waals surface area contributed by atoms with E-state index >= 15 is 0 Å². The van der Waals surface area contributed by atoms with Crippen LogP contribution in [0.3, 0.4) is 0 Å². The van der Waals surface area contributed by atoms with Crippen molar-refractivity contribution in [3.8, 4) is 11.5 Å². The van der Waals surface area contributed by atoms with Gasteiger partial charge in [0.25, 0.3) is 0 Å². The van der Waals surface area contributed by atoms with E-state index in [-0.39, 0.29) is 11.5 Å². The van der Waals surface area contributed by atoms with Gasteiger partial charge in [0.1, 0.15) is 11.6 Å². The van der Waals surface area contributed by atoms with E-state index in [1.807, 2.05) is 7.05 Å². The largest absolute Gasteiger partial charge is 0.331 e. The van der Waals surface area contributed by atoms with E-state index in [2.05, 4.69) is 9.88 Å². The fourth-order valence-corrected chi connectivity index (χ4v) is 3.17. The van der Waals surface area contributed by atoms with Gasteiger partial charge in [-0.3, -0.25) is 4.57 Å². The average Bonchev–Trinajstić information content (AvgIpc) is 3.12. The third kappa shape index (κ3) is 2.28. The number of rotatable bonds is 2. The number of fused-ring (bicyclic) bond motifs is 1. The van der Waals surface area contributed by atoms with Gasteiger partial charge in [-0.05, 0) is 37.7 Å². The number of aromatic nitrogens is 4. The molecule has 3 aromatic rings. The zero-order valence-corrected chi connectivity index (χ0v) is 13.6. The van der Waals surface area contributed by atoms with Gasteiger partial charge < -0.3 is 9.88 Å². The van der Waals surface area contributed by atoms with E-state index in [4.69, 9.17) is 5.10 Å². The van der Waals surface area contributed by atoms with E-state index in [1.54, 1.807) is 40.7 Å². The van der Waals surface area contributed by atoms with Crippen LogP contribution in [0.5, 0.6) is 0 Å². The van der Waals surface area contributed by atoms with Gasteiger partial charge in [-0.25, -0.2) is 13.9 Å². The first-order valence-corrected chi connectivity index (χ1v) is 7.87. The highest BCUT2D eigenvalue weighted by Crippen LogP contribution is 2.27. The second-order valence-electron chi connectivity index (χ2n) is 6.22. The van der Waals surface area contributed by atoms with Crippen molar-refractivity contribution in [1.29, 1.82) is 0 Å². The van der Waals surface area contributed by atoms with Gasteiger partial charge in [0.05, 0.1) is 11.4 Å². The molecule has 0 saturated carbocycles. The van der Waals surface area contributed by atoms with Crippen molar-refractivity contribution in [3.05, 3.63) is 63.7 Å². The highest BCUT2D eigenvalue weighted by Gasteiger charge is 2.25. The van der Waals surface area contributed by atoms with Crippen LogP contribution in [0.25, 0.3) is 11.5 Å². The van der Waals surface area contributed by atoms with Crippen molar-refractivity contribution in [2.75, 3.05) is 13.6 Å². The molecule has 0 fully saturated rings. The van der Waals surface area contributed by atoms with Gasteiger partial charge >= 0.3 is 5.69 Å². The number of hydrogen-bond acceptors (Lipinski definition) is 3. The highest BCUT2D eigenvalue weighted by atomic mass is 19.1. The highest BCUT2D eigenvalue weighted by molar-refractivity contribution is 5.48. The molecule has 0 bridgehead atoms. The summed E-state index contributed by atoms with van der Waals surface area (Å²) in [7, 11) is 2.05. The summed E-state index contributed by atoms with van der Waals surface area (Å²) >= 11 is 0. The van der Waals surface area contributed by atoms with Gasteiger partial charge in [-0.15, -0.1) is 0 Å². The molecule has 24 heavy (non-hydrogen) atoms. The molecule has 7 heteroatoms. The Morgan fingerprint density at radius 1 is 1.33 bits per heavy atom. The molecule has 4 rings (SSSR count). The third-order valence-electron chi connectivity index (χ3n) is 4.46. The van der Waals surface area contributed by atoms with Crippen molar-refractivity contribution < 1.29 is 4.39 Å². The lowest BCUT2D eigenvalue weighted by molar-refractivity contribution is 0.311. The maximum Gasteiger partial charge on any atom is 0.331 e. The topological polar surface area (TPSA) is 58.9 Å². The molecule has 1 aliphatic rings. The fourth-order valence-electron chi connectivity index (χ4n) is 3.17. The molecule has 0 radical (unpaired) electrons. The Morgan fingerprint density at radius 3 is 2.88 bits per heavy atom. The number of aryl methyl sites for hydroxylation is 1. The number of aromatic amines is 1. The summed E-state index contributed by atoms with van der Waals surface area (Å²) in [5.74, 6) is 0.463. The molecule has 1 aromatic carbocycles. The van der Waals surface area contributed by atoms with Gasteiger partial charge in [0, 0.05) is 37.5 Å². The van der Waals surface area contributed by atoms with E-state index in [0.717, 1.165) is 36.5 Å². The zero-order valence-electron chi connectivity index (χ0n) is 13.6. The Kier molecular flexibility index (Phi) is 3.38. The Balaban J connectivity index is 1.98. The Hall–Kier alpha value is -2.67. The number of imidazole rings is 1. The molecule has 1 aliphatic heterocycles. The molecule has 0 unspecified atom stereocenters. The summed E-state index contributed by atoms with van der Waals surface area (Å²) in [5, 5.41) is 4.72. The molecule has 0 saturated heterocycles. The maximum absolute atomic E-state index is 13.6. The van der Waals surface area contributed by atoms with E-state index in [1.165, 1.54) is 6.07 Å². The van der Waals surface area contributed by atoms with Crippen LogP contribution in [0.4, 0.5) is 4.39 Å². The first kappa shape index (κ1) is 14.9. The second-order valence-corrected chi connectivity index (χ2v) is 6.22. The molecule has 0 amide bonds. The SMILES string of the molecule is Cc1cc(-n2nc3c(c2-n2cc[nH]c2=O)CN(C)CC3)ccc1F. The average molecular weight is 327 g/mol. The molecule has 2 aromatic heterocycles. The number of H-pyrrole nitrogens is 1. The first-order valence-electron chi connectivity index (χ1n) is 7.87. The quantitative estimate of drug-likeness (QED) is 0.781. The fraction of sp³-hybridized carbons (Fsp3) is 0.294. The Bertz CT molecular complexity index is 968. The van der Waals surface area contributed by atoms with E-state index < -0.39 is 0 Å². The molecule has 6 nitrogen and oxygen atoms in total. The summed E-state index contributed by atoms with van der Waals surface area (Å²) in [6.45, 7) is 3.37. The van der Waals surface area contributed by atoms with Crippen LogP contribution in [-0.4, -0.2) is 37.8 Å². The minimum Gasteiger partial charge on any atom is -0.312 e. The number of nitrogens with zero attached hydrogens (tertiary/aromatic N) is 4. The second kappa shape index (κ2) is 5.45. The van der Waals surface area contributed by atoms with Crippen LogP contribution in [0, 0.1) is 12.7 Å². The summed E-state index contributed by atoms with van der Waals surface area (Å²) in [5.41, 5.74) is 3.09. The third-order valence-corrected chi connectivity index (χ3v) is 4.46. The van der Waals surface area contributed by atoms with Crippen molar-refractivity contribution in [2.24, 2.45) is 0 Å². The van der Waals surface area contributed by atoms with Gasteiger partial charge in [0.2, 0.25) is 0 Å². The van der Waals surface area contributed by atoms with Crippen molar-refractivity contribution in [3.63, 3.8) is 0 Å². The predicted molar refractivity (Wildman–Crippen MR) is 88.2 cm³/mol. The van der Waals surface area contributed by atoms with Crippen LogP contribution in [0.2, 0.25) is 0 Å².